The summed E-state index contributed by atoms with van der Waals surface area (Å²) in [5.74, 6) is 3.44. The van der Waals surface area contributed by atoms with Crippen molar-refractivity contribution in [1.82, 2.24) is 24.9 Å². The molecule has 0 amide bonds. The summed E-state index contributed by atoms with van der Waals surface area (Å²) in [7, 11) is 0. The number of halogens is 2. The molecule has 8 nitrogen and oxygen atoms in total. The molecule has 0 aliphatic carbocycles. The van der Waals surface area contributed by atoms with Crippen LogP contribution in [0.4, 0.5) is 0 Å². The molecule has 29 heavy (non-hydrogen) atoms. The van der Waals surface area contributed by atoms with Crippen LogP contribution in [-0.2, 0) is 6.54 Å². The third kappa shape index (κ3) is 3.41. The molecule has 0 saturated carbocycles. The average Bonchev–Trinajstić information content (AvgIpc) is 3.43. The predicted molar refractivity (Wildman–Crippen MR) is 105 cm³/mol. The number of nitrogens with zero attached hydrogens (tertiary/aromatic N) is 5. The van der Waals surface area contributed by atoms with E-state index in [1.807, 2.05) is 31.2 Å². The van der Waals surface area contributed by atoms with E-state index in [1.165, 1.54) is 0 Å². The standard InChI is InChI=1S/C19H13Cl2N5O3/c1-10-22-19(12-2-4-13(20)14(21)6-12)26(24-10)8-17-23-18(25-29-17)11-3-5-15-16(7-11)28-9-27-15/h2-7H,8-9H2,1H3. The second-order valence-electron chi connectivity index (χ2n) is 6.35. The topological polar surface area (TPSA) is 88.1 Å². The van der Waals surface area contributed by atoms with E-state index in [0.717, 1.165) is 11.1 Å². The molecule has 10 heteroatoms. The molecule has 146 valence electrons. The summed E-state index contributed by atoms with van der Waals surface area (Å²) in [4.78, 5) is 8.95. The molecule has 0 saturated heterocycles. The van der Waals surface area contributed by atoms with Crippen molar-refractivity contribution in [2.75, 3.05) is 6.79 Å². The van der Waals surface area contributed by atoms with Gasteiger partial charge in [-0.3, -0.25) is 0 Å². The zero-order valence-electron chi connectivity index (χ0n) is 15.1. The van der Waals surface area contributed by atoms with Crippen LogP contribution >= 0.6 is 23.2 Å². The van der Waals surface area contributed by atoms with Gasteiger partial charge in [-0.1, -0.05) is 28.4 Å². The molecular weight excluding hydrogens is 417 g/mol. The van der Waals surface area contributed by atoms with Gasteiger partial charge in [0, 0.05) is 11.1 Å². The van der Waals surface area contributed by atoms with Crippen molar-refractivity contribution < 1.29 is 14.0 Å². The number of benzene rings is 2. The highest BCUT2D eigenvalue weighted by Crippen LogP contribution is 2.35. The van der Waals surface area contributed by atoms with Crippen LogP contribution in [0.1, 0.15) is 11.7 Å². The smallest absolute Gasteiger partial charge is 0.248 e. The summed E-state index contributed by atoms with van der Waals surface area (Å²) >= 11 is 12.2. The Morgan fingerprint density at radius 3 is 2.66 bits per heavy atom. The van der Waals surface area contributed by atoms with E-state index in [-0.39, 0.29) is 13.3 Å². The minimum Gasteiger partial charge on any atom is -0.454 e. The number of ether oxygens (including phenoxy) is 2. The number of aromatic nitrogens is 5. The first-order chi connectivity index (χ1) is 14.1. The van der Waals surface area contributed by atoms with Crippen molar-refractivity contribution in [2.45, 2.75) is 13.5 Å². The molecule has 2 aromatic carbocycles. The van der Waals surface area contributed by atoms with Gasteiger partial charge < -0.3 is 14.0 Å². The summed E-state index contributed by atoms with van der Waals surface area (Å²) in [6.07, 6.45) is 0. The lowest BCUT2D eigenvalue weighted by Gasteiger charge is -2.04. The predicted octanol–water partition coefficient (Wildman–Crippen LogP) is 4.39. The molecule has 0 atom stereocenters. The lowest BCUT2D eigenvalue weighted by Crippen LogP contribution is -2.04. The van der Waals surface area contributed by atoms with Crippen LogP contribution < -0.4 is 9.47 Å². The number of rotatable bonds is 4. The van der Waals surface area contributed by atoms with Crippen LogP contribution in [0.25, 0.3) is 22.8 Å². The Hall–Kier alpha value is -3.10. The molecule has 0 spiro atoms. The van der Waals surface area contributed by atoms with Crippen molar-refractivity contribution in [3.05, 3.63) is 58.2 Å². The van der Waals surface area contributed by atoms with Crippen LogP contribution in [0.15, 0.2) is 40.9 Å². The number of hydrogen-bond acceptors (Lipinski definition) is 7. The Morgan fingerprint density at radius 2 is 1.79 bits per heavy atom. The van der Waals surface area contributed by atoms with E-state index >= 15 is 0 Å². The lowest BCUT2D eigenvalue weighted by atomic mass is 10.2. The Morgan fingerprint density at radius 1 is 0.966 bits per heavy atom. The minimum absolute atomic E-state index is 0.208. The Bertz CT molecular complexity index is 1220. The molecule has 0 bridgehead atoms. The molecule has 0 N–H and O–H groups in total. The number of hydrogen-bond donors (Lipinski definition) is 0. The van der Waals surface area contributed by atoms with Crippen molar-refractivity contribution in [1.29, 1.82) is 0 Å². The van der Waals surface area contributed by atoms with Gasteiger partial charge in [0.2, 0.25) is 18.5 Å². The van der Waals surface area contributed by atoms with Crippen LogP contribution in [0.3, 0.4) is 0 Å². The first kappa shape index (κ1) is 18.0. The normalized spacial score (nSPS) is 12.5. The second-order valence-corrected chi connectivity index (χ2v) is 7.16. The highest BCUT2D eigenvalue weighted by Gasteiger charge is 2.18. The largest absolute Gasteiger partial charge is 0.454 e. The third-order valence-electron chi connectivity index (χ3n) is 4.34. The Balaban J connectivity index is 1.44. The van der Waals surface area contributed by atoms with E-state index < -0.39 is 0 Å². The van der Waals surface area contributed by atoms with E-state index in [4.69, 9.17) is 37.2 Å². The summed E-state index contributed by atoms with van der Waals surface area (Å²) < 4.78 is 17.8. The highest BCUT2D eigenvalue weighted by atomic mass is 35.5. The van der Waals surface area contributed by atoms with Crippen molar-refractivity contribution in [3.8, 4) is 34.3 Å². The molecule has 0 radical (unpaired) electrons. The molecule has 0 fully saturated rings. The quantitative estimate of drug-likeness (QED) is 0.475. The zero-order valence-corrected chi connectivity index (χ0v) is 16.6. The monoisotopic (exact) mass is 429 g/mol. The lowest BCUT2D eigenvalue weighted by molar-refractivity contribution is 0.174. The highest BCUT2D eigenvalue weighted by molar-refractivity contribution is 6.42. The Labute approximate surface area is 175 Å². The van der Waals surface area contributed by atoms with E-state index in [0.29, 0.717) is 44.9 Å². The molecule has 1 aliphatic heterocycles. The van der Waals surface area contributed by atoms with Gasteiger partial charge in [-0.2, -0.15) is 10.1 Å². The van der Waals surface area contributed by atoms with Gasteiger partial charge in [-0.05, 0) is 43.3 Å². The van der Waals surface area contributed by atoms with Crippen LogP contribution in [0.5, 0.6) is 11.5 Å². The number of aryl methyl sites for hydroxylation is 1. The van der Waals surface area contributed by atoms with Crippen LogP contribution in [0.2, 0.25) is 10.0 Å². The fourth-order valence-electron chi connectivity index (χ4n) is 3.01. The molecule has 0 unspecified atom stereocenters. The number of fused-ring (bicyclic) bond motifs is 1. The van der Waals surface area contributed by atoms with Gasteiger partial charge in [-0.25, -0.2) is 9.67 Å². The molecule has 5 rings (SSSR count). The van der Waals surface area contributed by atoms with E-state index in [9.17, 15) is 0 Å². The summed E-state index contributed by atoms with van der Waals surface area (Å²) in [5.41, 5.74) is 1.55. The van der Waals surface area contributed by atoms with Crippen LogP contribution in [0, 0.1) is 6.92 Å². The van der Waals surface area contributed by atoms with E-state index in [2.05, 4.69) is 20.2 Å². The Kier molecular flexibility index (Phi) is 4.37. The fourth-order valence-corrected chi connectivity index (χ4v) is 3.31. The van der Waals surface area contributed by atoms with Crippen molar-refractivity contribution in [2.24, 2.45) is 0 Å². The summed E-state index contributed by atoms with van der Waals surface area (Å²) in [5, 5.41) is 9.41. The molecule has 3 heterocycles. The first-order valence-electron chi connectivity index (χ1n) is 8.66. The van der Waals surface area contributed by atoms with Gasteiger partial charge in [0.05, 0.1) is 10.0 Å². The van der Waals surface area contributed by atoms with Gasteiger partial charge in [-0.15, -0.1) is 0 Å². The van der Waals surface area contributed by atoms with Crippen molar-refractivity contribution >= 4 is 23.2 Å². The average molecular weight is 430 g/mol. The first-order valence-corrected chi connectivity index (χ1v) is 9.42. The maximum Gasteiger partial charge on any atom is 0.248 e. The third-order valence-corrected chi connectivity index (χ3v) is 5.08. The second kappa shape index (κ2) is 7.06. The zero-order chi connectivity index (χ0) is 20.0. The van der Waals surface area contributed by atoms with Crippen molar-refractivity contribution in [3.63, 3.8) is 0 Å². The van der Waals surface area contributed by atoms with Gasteiger partial charge in [0.15, 0.2) is 17.3 Å². The van der Waals surface area contributed by atoms with Crippen LogP contribution in [-0.4, -0.2) is 31.7 Å². The maximum absolute atomic E-state index is 6.15. The summed E-state index contributed by atoms with van der Waals surface area (Å²) in [6, 6.07) is 10.8. The van der Waals surface area contributed by atoms with Gasteiger partial charge in [0.1, 0.15) is 12.4 Å². The molecule has 4 aromatic rings. The molecule has 1 aliphatic rings. The van der Waals surface area contributed by atoms with Gasteiger partial charge >= 0.3 is 0 Å². The molecule has 2 aromatic heterocycles. The van der Waals surface area contributed by atoms with Gasteiger partial charge in [0.25, 0.3) is 0 Å². The minimum atomic E-state index is 0.208. The fraction of sp³-hybridized carbons (Fsp3) is 0.158. The maximum atomic E-state index is 6.15. The summed E-state index contributed by atoms with van der Waals surface area (Å²) in [6.45, 7) is 2.27. The molecular formula is C19H13Cl2N5O3. The SMILES string of the molecule is Cc1nc(-c2ccc(Cl)c(Cl)c2)n(Cc2nc(-c3ccc4c(c3)OCO4)no2)n1. The van der Waals surface area contributed by atoms with E-state index in [1.54, 1.807) is 16.8 Å².